The summed E-state index contributed by atoms with van der Waals surface area (Å²) < 4.78 is 36.5. The average molecular weight is 434 g/mol. The molecule has 0 saturated carbocycles. The predicted molar refractivity (Wildman–Crippen MR) is 117 cm³/mol. The van der Waals surface area contributed by atoms with Crippen LogP contribution in [0, 0.1) is 0 Å². The summed E-state index contributed by atoms with van der Waals surface area (Å²) in [4.78, 5) is 16.8. The number of nitrogens with zero attached hydrogens (tertiary/aromatic N) is 3. The SMILES string of the molecule is COc1ccc(N(CC(=O)N2CCN(c3ccccc3)CC2)S(C)(=O)=O)c(OC)c1. The highest BCUT2D eigenvalue weighted by Gasteiger charge is 2.28. The number of hydrogen-bond acceptors (Lipinski definition) is 6. The van der Waals surface area contributed by atoms with Crippen molar-refractivity contribution in [2.45, 2.75) is 0 Å². The van der Waals surface area contributed by atoms with E-state index in [4.69, 9.17) is 9.47 Å². The van der Waals surface area contributed by atoms with Crippen molar-refractivity contribution in [3.63, 3.8) is 0 Å². The van der Waals surface area contributed by atoms with Crippen LogP contribution in [0.4, 0.5) is 11.4 Å². The topological polar surface area (TPSA) is 79.4 Å². The first-order valence-electron chi connectivity index (χ1n) is 9.61. The van der Waals surface area contributed by atoms with E-state index in [1.54, 1.807) is 23.1 Å². The highest BCUT2D eigenvalue weighted by Crippen LogP contribution is 2.33. The number of methoxy groups -OCH3 is 2. The van der Waals surface area contributed by atoms with Crippen LogP contribution < -0.4 is 18.7 Å². The number of anilines is 2. The Hall–Kier alpha value is -2.94. The molecule has 0 atom stereocenters. The maximum Gasteiger partial charge on any atom is 0.243 e. The van der Waals surface area contributed by atoms with E-state index in [0.29, 0.717) is 43.4 Å². The molecule has 1 heterocycles. The van der Waals surface area contributed by atoms with Gasteiger partial charge >= 0.3 is 0 Å². The lowest BCUT2D eigenvalue weighted by molar-refractivity contribution is -0.129. The molecule has 0 aliphatic carbocycles. The summed E-state index contributed by atoms with van der Waals surface area (Å²) in [5, 5.41) is 0. The van der Waals surface area contributed by atoms with Gasteiger partial charge in [0.05, 0.1) is 26.2 Å². The zero-order chi connectivity index (χ0) is 21.7. The van der Waals surface area contributed by atoms with Crippen LogP contribution in [0.2, 0.25) is 0 Å². The predicted octanol–water partition coefficient (Wildman–Crippen LogP) is 1.82. The number of amides is 1. The zero-order valence-electron chi connectivity index (χ0n) is 17.4. The Labute approximate surface area is 177 Å². The van der Waals surface area contributed by atoms with Crippen molar-refractivity contribution >= 4 is 27.3 Å². The smallest absolute Gasteiger partial charge is 0.243 e. The van der Waals surface area contributed by atoms with Gasteiger partial charge in [-0.05, 0) is 24.3 Å². The normalized spacial score (nSPS) is 14.4. The summed E-state index contributed by atoms with van der Waals surface area (Å²) >= 11 is 0. The molecular weight excluding hydrogens is 406 g/mol. The van der Waals surface area contributed by atoms with E-state index < -0.39 is 10.0 Å². The molecule has 0 bridgehead atoms. The molecule has 8 nitrogen and oxygen atoms in total. The molecule has 0 aromatic heterocycles. The third-order valence-electron chi connectivity index (χ3n) is 5.09. The molecule has 0 radical (unpaired) electrons. The van der Waals surface area contributed by atoms with Gasteiger partial charge in [0.25, 0.3) is 0 Å². The second kappa shape index (κ2) is 9.25. The number of hydrogen-bond donors (Lipinski definition) is 0. The number of piperazine rings is 1. The van der Waals surface area contributed by atoms with Gasteiger partial charge < -0.3 is 19.3 Å². The molecule has 1 fully saturated rings. The van der Waals surface area contributed by atoms with E-state index in [1.807, 2.05) is 30.3 Å². The maximum atomic E-state index is 12.9. The molecule has 0 N–H and O–H groups in total. The summed E-state index contributed by atoms with van der Waals surface area (Å²) in [5.41, 5.74) is 1.42. The van der Waals surface area contributed by atoms with E-state index in [0.717, 1.165) is 16.2 Å². The zero-order valence-corrected chi connectivity index (χ0v) is 18.3. The van der Waals surface area contributed by atoms with Crippen molar-refractivity contribution in [1.29, 1.82) is 0 Å². The largest absolute Gasteiger partial charge is 0.497 e. The van der Waals surface area contributed by atoms with Gasteiger partial charge in [-0.3, -0.25) is 9.10 Å². The number of sulfonamides is 1. The van der Waals surface area contributed by atoms with Gasteiger partial charge in [0, 0.05) is 37.9 Å². The Bertz CT molecular complexity index is 973. The van der Waals surface area contributed by atoms with E-state index in [-0.39, 0.29) is 12.5 Å². The Balaban J connectivity index is 1.73. The molecule has 1 amide bonds. The van der Waals surface area contributed by atoms with Crippen LogP contribution in [0.15, 0.2) is 48.5 Å². The Morgan fingerprint density at radius 3 is 2.23 bits per heavy atom. The molecule has 30 heavy (non-hydrogen) atoms. The van der Waals surface area contributed by atoms with E-state index >= 15 is 0 Å². The summed E-state index contributed by atoms with van der Waals surface area (Å²) in [5.74, 6) is 0.611. The van der Waals surface area contributed by atoms with Crippen molar-refractivity contribution in [3.8, 4) is 11.5 Å². The van der Waals surface area contributed by atoms with Gasteiger partial charge in [0.1, 0.15) is 18.0 Å². The molecule has 0 spiro atoms. The minimum Gasteiger partial charge on any atom is -0.497 e. The molecule has 162 valence electrons. The second-order valence-electron chi connectivity index (χ2n) is 7.01. The van der Waals surface area contributed by atoms with Gasteiger partial charge in [-0.1, -0.05) is 18.2 Å². The van der Waals surface area contributed by atoms with Crippen LogP contribution >= 0.6 is 0 Å². The number of benzene rings is 2. The fraction of sp³-hybridized carbons (Fsp3) is 0.381. The number of ether oxygens (including phenoxy) is 2. The van der Waals surface area contributed by atoms with E-state index in [2.05, 4.69) is 4.90 Å². The third kappa shape index (κ3) is 4.96. The van der Waals surface area contributed by atoms with E-state index in [1.165, 1.54) is 14.2 Å². The Morgan fingerprint density at radius 1 is 1.00 bits per heavy atom. The molecule has 1 saturated heterocycles. The molecule has 2 aromatic carbocycles. The van der Waals surface area contributed by atoms with Crippen LogP contribution in [0.3, 0.4) is 0 Å². The average Bonchev–Trinajstić information content (AvgIpc) is 2.77. The first kappa shape index (κ1) is 21.8. The van der Waals surface area contributed by atoms with Crippen molar-refractivity contribution in [2.75, 3.05) is 62.4 Å². The minimum absolute atomic E-state index is 0.244. The summed E-state index contributed by atoms with van der Waals surface area (Å²) in [6, 6.07) is 14.8. The summed E-state index contributed by atoms with van der Waals surface area (Å²) in [7, 11) is -0.740. The van der Waals surface area contributed by atoms with Crippen molar-refractivity contribution in [3.05, 3.63) is 48.5 Å². The van der Waals surface area contributed by atoms with Gasteiger partial charge in [0.15, 0.2) is 0 Å². The third-order valence-corrected chi connectivity index (χ3v) is 6.21. The molecule has 2 aromatic rings. The Kier molecular flexibility index (Phi) is 6.71. The monoisotopic (exact) mass is 433 g/mol. The maximum absolute atomic E-state index is 12.9. The molecule has 3 rings (SSSR count). The number of rotatable bonds is 7. The first-order chi connectivity index (χ1) is 14.3. The van der Waals surface area contributed by atoms with Crippen LogP contribution in [-0.4, -0.2) is 72.4 Å². The van der Waals surface area contributed by atoms with Crippen molar-refractivity contribution in [2.24, 2.45) is 0 Å². The lowest BCUT2D eigenvalue weighted by atomic mass is 10.2. The van der Waals surface area contributed by atoms with Crippen molar-refractivity contribution < 1.29 is 22.7 Å². The number of carbonyl (C=O) groups excluding carboxylic acids is 1. The summed E-state index contributed by atoms with van der Waals surface area (Å²) in [6.45, 7) is 2.17. The van der Waals surface area contributed by atoms with Gasteiger partial charge in [-0.25, -0.2) is 8.42 Å². The fourth-order valence-corrected chi connectivity index (χ4v) is 4.30. The highest BCUT2D eigenvalue weighted by atomic mass is 32.2. The van der Waals surface area contributed by atoms with E-state index in [9.17, 15) is 13.2 Å². The second-order valence-corrected chi connectivity index (χ2v) is 8.92. The molecule has 1 aliphatic heterocycles. The van der Waals surface area contributed by atoms with Gasteiger partial charge in [-0.2, -0.15) is 0 Å². The molecule has 0 unspecified atom stereocenters. The molecular formula is C21H27N3O5S. The quantitative estimate of drug-likeness (QED) is 0.663. The summed E-state index contributed by atoms with van der Waals surface area (Å²) in [6.07, 6.45) is 1.08. The number of para-hydroxylation sites is 1. The molecule has 1 aliphatic rings. The molecule has 9 heteroatoms. The lowest BCUT2D eigenvalue weighted by Crippen LogP contribution is -2.52. The minimum atomic E-state index is -3.70. The number of carbonyl (C=O) groups is 1. The van der Waals surface area contributed by atoms with Crippen LogP contribution in [0.5, 0.6) is 11.5 Å². The lowest BCUT2D eigenvalue weighted by Gasteiger charge is -2.37. The first-order valence-corrected chi connectivity index (χ1v) is 11.5. The standard InChI is InChI=1S/C21H27N3O5S/c1-28-18-9-10-19(20(15-18)29-2)24(30(3,26)27)16-21(25)23-13-11-22(12-14-23)17-7-5-4-6-8-17/h4-10,15H,11-14,16H2,1-3H3. The van der Waals surface area contributed by atoms with Gasteiger partial charge in [-0.15, -0.1) is 0 Å². The highest BCUT2D eigenvalue weighted by molar-refractivity contribution is 7.92. The van der Waals surface area contributed by atoms with Gasteiger partial charge in [0.2, 0.25) is 15.9 Å². The van der Waals surface area contributed by atoms with Crippen molar-refractivity contribution in [1.82, 2.24) is 4.90 Å². The van der Waals surface area contributed by atoms with Crippen LogP contribution in [-0.2, 0) is 14.8 Å². The fourth-order valence-electron chi connectivity index (χ4n) is 3.45. The van der Waals surface area contributed by atoms with Crippen LogP contribution in [0.1, 0.15) is 0 Å². The van der Waals surface area contributed by atoms with Crippen LogP contribution in [0.25, 0.3) is 0 Å². The Morgan fingerprint density at radius 2 is 1.67 bits per heavy atom.